The summed E-state index contributed by atoms with van der Waals surface area (Å²) in [5.74, 6) is 0. The van der Waals surface area contributed by atoms with Gasteiger partial charge in [-0.25, -0.2) is 0 Å². The van der Waals surface area contributed by atoms with Gasteiger partial charge < -0.3 is 5.32 Å². The van der Waals surface area contributed by atoms with Crippen LogP contribution in [-0.2, 0) is 6.54 Å². The second kappa shape index (κ2) is 5.59. The summed E-state index contributed by atoms with van der Waals surface area (Å²) in [6.07, 6.45) is 3.76. The van der Waals surface area contributed by atoms with E-state index in [4.69, 9.17) is 0 Å². The van der Waals surface area contributed by atoms with Crippen LogP contribution in [-0.4, -0.2) is 34.2 Å². The van der Waals surface area contributed by atoms with Crippen LogP contribution in [0.2, 0.25) is 0 Å². The van der Waals surface area contributed by atoms with Gasteiger partial charge in [0.2, 0.25) is 5.13 Å². The molecule has 0 spiro atoms. The van der Waals surface area contributed by atoms with Crippen molar-refractivity contribution in [2.24, 2.45) is 0 Å². The SMILES string of the molecule is CCCNc1nnc(CN2CCCC2C)s1. The second-order valence-electron chi connectivity index (χ2n) is 4.39. The number of hydrogen-bond donors (Lipinski definition) is 1. The quantitative estimate of drug-likeness (QED) is 0.857. The van der Waals surface area contributed by atoms with Gasteiger partial charge in [0.05, 0.1) is 6.54 Å². The first kappa shape index (κ1) is 11.8. The van der Waals surface area contributed by atoms with Crippen LogP contribution in [0, 0.1) is 0 Å². The Morgan fingerprint density at radius 1 is 1.50 bits per heavy atom. The topological polar surface area (TPSA) is 41.1 Å². The minimum Gasteiger partial charge on any atom is -0.360 e. The van der Waals surface area contributed by atoms with Crippen LogP contribution in [0.3, 0.4) is 0 Å². The molecule has 1 N–H and O–H groups in total. The van der Waals surface area contributed by atoms with Crippen LogP contribution in [0.4, 0.5) is 5.13 Å². The van der Waals surface area contributed by atoms with Crippen molar-refractivity contribution in [2.45, 2.75) is 45.7 Å². The van der Waals surface area contributed by atoms with Crippen LogP contribution in [0.15, 0.2) is 0 Å². The molecule has 90 valence electrons. The average molecular weight is 240 g/mol. The van der Waals surface area contributed by atoms with Crippen molar-refractivity contribution in [3.05, 3.63) is 5.01 Å². The van der Waals surface area contributed by atoms with E-state index < -0.39 is 0 Å². The number of likely N-dealkylation sites (tertiary alicyclic amines) is 1. The Bertz CT molecular complexity index is 326. The molecule has 0 bridgehead atoms. The van der Waals surface area contributed by atoms with Crippen molar-refractivity contribution < 1.29 is 0 Å². The highest BCUT2D eigenvalue weighted by atomic mass is 32.1. The first-order valence-electron chi connectivity index (χ1n) is 6.10. The third kappa shape index (κ3) is 2.92. The predicted octanol–water partition coefficient (Wildman–Crippen LogP) is 2.34. The third-order valence-electron chi connectivity index (χ3n) is 3.02. The molecule has 0 amide bonds. The number of anilines is 1. The van der Waals surface area contributed by atoms with Crippen LogP contribution in [0.1, 0.15) is 38.1 Å². The van der Waals surface area contributed by atoms with E-state index in [9.17, 15) is 0 Å². The maximum Gasteiger partial charge on any atom is 0.205 e. The van der Waals surface area contributed by atoms with Gasteiger partial charge >= 0.3 is 0 Å². The molecule has 1 aromatic heterocycles. The summed E-state index contributed by atoms with van der Waals surface area (Å²) in [5.41, 5.74) is 0. The summed E-state index contributed by atoms with van der Waals surface area (Å²) in [5, 5.41) is 13.8. The molecule has 0 aromatic carbocycles. The summed E-state index contributed by atoms with van der Waals surface area (Å²) in [6, 6.07) is 0.705. The molecule has 1 aliphatic rings. The molecule has 16 heavy (non-hydrogen) atoms. The zero-order valence-corrected chi connectivity index (χ0v) is 10.9. The van der Waals surface area contributed by atoms with E-state index in [0.717, 1.165) is 29.6 Å². The van der Waals surface area contributed by atoms with Crippen LogP contribution in [0.5, 0.6) is 0 Å². The molecule has 0 saturated carbocycles. The van der Waals surface area contributed by atoms with Crippen molar-refractivity contribution in [3.63, 3.8) is 0 Å². The molecular weight excluding hydrogens is 220 g/mol. The van der Waals surface area contributed by atoms with Gasteiger partial charge in [-0.2, -0.15) is 0 Å². The van der Waals surface area contributed by atoms with E-state index in [1.165, 1.54) is 19.4 Å². The molecule has 1 aromatic rings. The molecule has 0 aliphatic carbocycles. The first-order chi connectivity index (χ1) is 7.79. The molecule has 5 heteroatoms. The van der Waals surface area contributed by atoms with E-state index in [-0.39, 0.29) is 0 Å². The minimum absolute atomic E-state index is 0.705. The fourth-order valence-corrected chi connectivity index (χ4v) is 2.81. The van der Waals surface area contributed by atoms with Gasteiger partial charge in [0.15, 0.2) is 0 Å². The van der Waals surface area contributed by atoms with Crippen LogP contribution >= 0.6 is 11.3 Å². The Labute approximate surface area is 101 Å². The normalized spacial score (nSPS) is 21.5. The summed E-state index contributed by atoms with van der Waals surface area (Å²) in [6.45, 7) is 7.60. The summed E-state index contributed by atoms with van der Waals surface area (Å²) in [4.78, 5) is 2.49. The maximum atomic E-state index is 4.23. The largest absolute Gasteiger partial charge is 0.360 e. The second-order valence-corrected chi connectivity index (χ2v) is 5.45. The Morgan fingerprint density at radius 3 is 3.06 bits per heavy atom. The zero-order chi connectivity index (χ0) is 11.4. The molecule has 2 rings (SSSR count). The molecule has 0 radical (unpaired) electrons. The Hall–Kier alpha value is -0.680. The van der Waals surface area contributed by atoms with Gasteiger partial charge in [0.25, 0.3) is 0 Å². The number of nitrogens with one attached hydrogen (secondary N) is 1. The highest BCUT2D eigenvalue weighted by Gasteiger charge is 2.21. The number of hydrogen-bond acceptors (Lipinski definition) is 5. The lowest BCUT2D eigenvalue weighted by atomic mass is 10.2. The monoisotopic (exact) mass is 240 g/mol. The fourth-order valence-electron chi connectivity index (χ4n) is 2.02. The minimum atomic E-state index is 0.705. The Morgan fingerprint density at radius 2 is 2.38 bits per heavy atom. The van der Waals surface area contributed by atoms with E-state index in [1.54, 1.807) is 11.3 Å². The molecule has 2 heterocycles. The van der Waals surface area contributed by atoms with Crippen molar-refractivity contribution in [3.8, 4) is 0 Å². The van der Waals surface area contributed by atoms with E-state index in [1.807, 2.05) is 0 Å². The maximum absolute atomic E-state index is 4.23. The first-order valence-corrected chi connectivity index (χ1v) is 6.91. The van der Waals surface area contributed by atoms with Gasteiger partial charge in [0, 0.05) is 12.6 Å². The molecule has 1 saturated heterocycles. The van der Waals surface area contributed by atoms with Crippen LogP contribution < -0.4 is 5.32 Å². The standard InChI is InChI=1S/C11H20N4S/c1-3-6-12-11-14-13-10(16-11)8-15-7-4-5-9(15)2/h9H,3-8H2,1-2H3,(H,12,14). The highest BCUT2D eigenvalue weighted by molar-refractivity contribution is 7.15. The van der Waals surface area contributed by atoms with Gasteiger partial charge in [-0.15, -0.1) is 10.2 Å². The highest BCUT2D eigenvalue weighted by Crippen LogP contribution is 2.22. The average Bonchev–Trinajstić information content (AvgIpc) is 2.87. The van der Waals surface area contributed by atoms with Crippen molar-refractivity contribution in [2.75, 3.05) is 18.4 Å². The molecule has 1 fully saturated rings. The number of nitrogens with zero attached hydrogens (tertiary/aromatic N) is 3. The Kier molecular flexibility index (Phi) is 4.12. The number of rotatable bonds is 5. The van der Waals surface area contributed by atoms with E-state index >= 15 is 0 Å². The predicted molar refractivity (Wildman–Crippen MR) is 67.8 cm³/mol. The van der Waals surface area contributed by atoms with Crippen LogP contribution in [0.25, 0.3) is 0 Å². The zero-order valence-electron chi connectivity index (χ0n) is 10.1. The molecular formula is C11H20N4S. The van der Waals surface area contributed by atoms with Crippen molar-refractivity contribution >= 4 is 16.5 Å². The molecule has 1 atom stereocenters. The van der Waals surface area contributed by atoms with E-state index in [2.05, 4.69) is 34.3 Å². The lowest BCUT2D eigenvalue weighted by Gasteiger charge is -2.18. The van der Waals surface area contributed by atoms with Crippen molar-refractivity contribution in [1.82, 2.24) is 15.1 Å². The van der Waals surface area contributed by atoms with Crippen molar-refractivity contribution in [1.29, 1.82) is 0 Å². The van der Waals surface area contributed by atoms with Gasteiger partial charge in [0.1, 0.15) is 5.01 Å². The van der Waals surface area contributed by atoms with Gasteiger partial charge in [-0.1, -0.05) is 18.3 Å². The van der Waals surface area contributed by atoms with Gasteiger partial charge in [-0.05, 0) is 32.7 Å². The summed E-state index contributed by atoms with van der Waals surface area (Å²) < 4.78 is 0. The smallest absolute Gasteiger partial charge is 0.205 e. The molecule has 4 nitrogen and oxygen atoms in total. The fraction of sp³-hybridized carbons (Fsp3) is 0.818. The van der Waals surface area contributed by atoms with E-state index in [0.29, 0.717) is 6.04 Å². The Balaban J connectivity index is 1.87. The summed E-state index contributed by atoms with van der Waals surface area (Å²) >= 11 is 1.69. The summed E-state index contributed by atoms with van der Waals surface area (Å²) in [7, 11) is 0. The molecule has 1 aliphatic heterocycles. The lowest BCUT2D eigenvalue weighted by molar-refractivity contribution is 0.259. The number of aromatic nitrogens is 2. The third-order valence-corrected chi connectivity index (χ3v) is 3.89. The molecule has 1 unspecified atom stereocenters. The lowest BCUT2D eigenvalue weighted by Crippen LogP contribution is -2.26. The van der Waals surface area contributed by atoms with Gasteiger partial charge in [-0.3, -0.25) is 4.90 Å².